The lowest BCUT2D eigenvalue weighted by Gasteiger charge is -2.20. The second-order valence-corrected chi connectivity index (χ2v) is 7.28. The summed E-state index contributed by atoms with van der Waals surface area (Å²) in [6, 6.07) is 14.2. The van der Waals surface area contributed by atoms with Crippen LogP contribution in [0, 0.1) is 0 Å². The fourth-order valence-electron chi connectivity index (χ4n) is 2.92. The molecule has 146 valence electrons. The first-order valence-corrected chi connectivity index (χ1v) is 9.62. The highest BCUT2D eigenvalue weighted by Crippen LogP contribution is 2.20. The van der Waals surface area contributed by atoms with E-state index < -0.39 is 24.0 Å². The largest absolute Gasteiger partial charge is 0.481 e. The molecule has 0 aliphatic carbocycles. The summed E-state index contributed by atoms with van der Waals surface area (Å²) in [6.45, 7) is 1.64. The van der Waals surface area contributed by atoms with Gasteiger partial charge in [-0.15, -0.1) is 0 Å². The monoisotopic (exact) mass is 444 g/mol. The van der Waals surface area contributed by atoms with Gasteiger partial charge in [0, 0.05) is 28.0 Å². The quantitative estimate of drug-likeness (QED) is 0.545. The predicted molar refractivity (Wildman–Crippen MR) is 110 cm³/mol. The summed E-state index contributed by atoms with van der Waals surface area (Å²) in [5.41, 5.74) is 1.90. The number of aromatic amines is 1. The minimum Gasteiger partial charge on any atom is -0.481 e. The van der Waals surface area contributed by atoms with Gasteiger partial charge in [-0.3, -0.25) is 4.79 Å². The Labute approximate surface area is 171 Å². The van der Waals surface area contributed by atoms with Crippen LogP contribution < -0.4 is 10.1 Å². The molecule has 2 atom stereocenters. The van der Waals surface area contributed by atoms with Gasteiger partial charge in [-0.2, -0.15) is 0 Å². The molecule has 1 heterocycles. The highest BCUT2D eigenvalue weighted by atomic mass is 79.9. The molecule has 0 spiro atoms. The molecule has 2 N–H and O–H groups in total. The van der Waals surface area contributed by atoms with E-state index in [1.165, 1.54) is 7.11 Å². The summed E-state index contributed by atoms with van der Waals surface area (Å²) in [4.78, 5) is 28.0. The van der Waals surface area contributed by atoms with Gasteiger partial charge in [-0.25, -0.2) is 4.79 Å². The first-order valence-electron chi connectivity index (χ1n) is 8.83. The zero-order valence-corrected chi connectivity index (χ0v) is 17.2. The fourth-order valence-corrected chi connectivity index (χ4v) is 3.18. The van der Waals surface area contributed by atoms with Crippen LogP contribution in [0.2, 0.25) is 0 Å². The van der Waals surface area contributed by atoms with E-state index in [1.54, 1.807) is 19.1 Å². The maximum Gasteiger partial charge on any atom is 0.328 e. The minimum absolute atomic E-state index is 0.313. The van der Waals surface area contributed by atoms with Gasteiger partial charge in [0.1, 0.15) is 11.8 Å². The molecule has 7 heteroatoms. The standard InChI is InChI=1S/C21H21BrN2O4/c1-13(28-16-9-7-15(22)8-10-16)20(25)24-19(21(26)27-2)11-14-12-23-18-6-4-3-5-17(14)18/h3-10,12-13,19,23H,11H2,1-2H3,(H,24,25)/t13?,19-/m1/s1. The van der Waals surface area contributed by atoms with Crippen molar-refractivity contribution in [3.8, 4) is 5.75 Å². The SMILES string of the molecule is COC(=O)[C@@H](Cc1c[nH]c2ccccc12)NC(=O)C(C)Oc1ccc(Br)cc1. The molecule has 1 aromatic heterocycles. The van der Waals surface area contributed by atoms with Crippen molar-refractivity contribution in [2.24, 2.45) is 0 Å². The summed E-state index contributed by atoms with van der Waals surface area (Å²) < 4.78 is 11.5. The summed E-state index contributed by atoms with van der Waals surface area (Å²) in [7, 11) is 1.30. The van der Waals surface area contributed by atoms with Crippen LogP contribution in [0.1, 0.15) is 12.5 Å². The van der Waals surface area contributed by atoms with Crippen LogP contribution in [0.5, 0.6) is 5.75 Å². The molecule has 0 bridgehead atoms. The van der Waals surface area contributed by atoms with Gasteiger partial charge in [0.25, 0.3) is 5.91 Å². The zero-order chi connectivity index (χ0) is 20.1. The third-order valence-corrected chi connectivity index (χ3v) is 4.93. The molecule has 2 aromatic carbocycles. The highest BCUT2D eigenvalue weighted by molar-refractivity contribution is 9.10. The molecule has 1 unspecified atom stereocenters. The van der Waals surface area contributed by atoms with E-state index in [-0.39, 0.29) is 0 Å². The van der Waals surface area contributed by atoms with E-state index in [2.05, 4.69) is 26.2 Å². The van der Waals surface area contributed by atoms with Crippen molar-refractivity contribution < 1.29 is 19.1 Å². The lowest BCUT2D eigenvalue weighted by molar-refractivity contribution is -0.145. The maximum absolute atomic E-state index is 12.6. The number of hydrogen-bond donors (Lipinski definition) is 2. The van der Waals surface area contributed by atoms with Gasteiger partial charge in [-0.05, 0) is 42.8 Å². The van der Waals surface area contributed by atoms with Crippen molar-refractivity contribution in [3.05, 3.63) is 64.8 Å². The first kappa shape index (κ1) is 19.9. The number of hydrogen-bond acceptors (Lipinski definition) is 4. The number of para-hydroxylation sites is 1. The van der Waals surface area contributed by atoms with Crippen molar-refractivity contribution in [1.29, 1.82) is 0 Å². The van der Waals surface area contributed by atoms with Crippen LogP contribution in [0.3, 0.4) is 0 Å². The zero-order valence-electron chi connectivity index (χ0n) is 15.6. The number of carbonyl (C=O) groups is 2. The molecular weight excluding hydrogens is 424 g/mol. The number of methoxy groups -OCH3 is 1. The summed E-state index contributed by atoms with van der Waals surface area (Å²) in [6.07, 6.45) is 1.39. The number of benzene rings is 2. The molecule has 0 saturated carbocycles. The van der Waals surface area contributed by atoms with Crippen molar-refractivity contribution in [2.75, 3.05) is 7.11 Å². The number of amides is 1. The van der Waals surface area contributed by atoms with Gasteiger partial charge in [-0.1, -0.05) is 34.1 Å². The Morgan fingerprint density at radius 3 is 2.57 bits per heavy atom. The summed E-state index contributed by atoms with van der Waals surface area (Å²) >= 11 is 3.35. The molecular formula is C21H21BrN2O4. The second-order valence-electron chi connectivity index (χ2n) is 6.36. The van der Waals surface area contributed by atoms with Crippen LogP contribution in [0.25, 0.3) is 10.9 Å². The van der Waals surface area contributed by atoms with E-state index in [0.717, 1.165) is 20.9 Å². The molecule has 0 aliphatic rings. The van der Waals surface area contributed by atoms with Crippen molar-refractivity contribution in [3.63, 3.8) is 0 Å². The van der Waals surface area contributed by atoms with Crippen LogP contribution in [-0.4, -0.2) is 36.1 Å². The number of aromatic nitrogens is 1. The molecule has 0 aliphatic heterocycles. The van der Waals surface area contributed by atoms with Crippen molar-refractivity contribution >= 4 is 38.7 Å². The molecule has 3 rings (SSSR count). The highest BCUT2D eigenvalue weighted by Gasteiger charge is 2.26. The third kappa shape index (κ3) is 4.72. The Morgan fingerprint density at radius 2 is 1.86 bits per heavy atom. The number of rotatable bonds is 7. The maximum atomic E-state index is 12.6. The van der Waals surface area contributed by atoms with E-state index in [0.29, 0.717) is 12.2 Å². The average molecular weight is 445 g/mol. The number of halogens is 1. The predicted octanol–water partition coefficient (Wildman–Crippen LogP) is 3.60. The van der Waals surface area contributed by atoms with Crippen LogP contribution in [-0.2, 0) is 20.7 Å². The summed E-state index contributed by atoms with van der Waals surface area (Å²) in [5.74, 6) is -0.329. The first-order chi connectivity index (χ1) is 13.5. The topological polar surface area (TPSA) is 80.4 Å². The average Bonchev–Trinajstić information content (AvgIpc) is 3.11. The molecule has 1 amide bonds. The molecule has 6 nitrogen and oxygen atoms in total. The van der Waals surface area contributed by atoms with Crippen LogP contribution >= 0.6 is 15.9 Å². The molecule has 0 saturated heterocycles. The number of ether oxygens (including phenoxy) is 2. The Balaban J connectivity index is 1.70. The van der Waals surface area contributed by atoms with Crippen molar-refractivity contribution in [2.45, 2.75) is 25.5 Å². The minimum atomic E-state index is -0.812. The van der Waals surface area contributed by atoms with Gasteiger partial charge < -0.3 is 19.8 Å². The molecule has 3 aromatic rings. The number of fused-ring (bicyclic) bond motifs is 1. The molecule has 0 radical (unpaired) electrons. The van der Waals surface area contributed by atoms with Gasteiger partial charge in [0.2, 0.25) is 0 Å². The third-order valence-electron chi connectivity index (χ3n) is 4.40. The van der Waals surface area contributed by atoms with E-state index in [4.69, 9.17) is 9.47 Å². The summed E-state index contributed by atoms with van der Waals surface area (Å²) in [5, 5.41) is 3.74. The van der Waals surface area contributed by atoms with E-state index in [9.17, 15) is 9.59 Å². The lowest BCUT2D eigenvalue weighted by Crippen LogP contribution is -2.47. The number of nitrogens with one attached hydrogen (secondary N) is 2. The molecule has 28 heavy (non-hydrogen) atoms. The Bertz CT molecular complexity index is 968. The van der Waals surface area contributed by atoms with Gasteiger partial charge in [0.05, 0.1) is 7.11 Å². The van der Waals surface area contributed by atoms with E-state index in [1.807, 2.05) is 42.6 Å². The fraction of sp³-hybridized carbons (Fsp3) is 0.238. The van der Waals surface area contributed by atoms with Gasteiger partial charge in [0.15, 0.2) is 6.10 Å². The van der Waals surface area contributed by atoms with Crippen LogP contribution in [0.4, 0.5) is 0 Å². The number of esters is 1. The van der Waals surface area contributed by atoms with Gasteiger partial charge >= 0.3 is 5.97 Å². The normalized spacial score (nSPS) is 13.0. The number of H-pyrrole nitrogens is 1. The second kappa shape index (κ2) is 8.93. The van der Waals surface area contributed by atoms with Crippen molar-refractivity contribution in [1.82, 2.24) is 10.3 Å². The number of carbonyl (C=O) groups excluding carboxylic acids is 2. The van der Waals surface area contributed by atoms with E-state index >= 15 is 0 Å². The Morgan fingerprint density at radius 1 is 1.14 bits per heavy atom. The Hall–Kier alpha value is -2.80. The molecule has 0 fully saturated rings. The van der Waals surface area contributed by atoms with Crippen LogP contribution in [0.15, 0.2) is 59.2 Å². The lowest BCUT2D eigenvalue weighted by atomic mass is 10.0. The Kier molecular flexibility index (Phi) is 6.36. The smallest absolute Gasteiger partial charge is 0.328 e.